The number of carbonyl (C=O) groups is 2. The zero-order valence-corrected chi connectivity index (χ0v) is 16.8. The minimum atomic E-state index is -3.22. The van der Waals surface area contributed by atoms with Crippen molar-refractivity contribution in [2.24, 2.45) is 5.41 Å². The minimum absolute atomic E-state index is 0.0359. The highest BCUT2D eigenvalue weighted by Gasteiger charge is 2.34. The lowest BCUT2D eigenvalue weighted by Gasteiger charge is -2.23. The van der Waals surface area contributed by atoms with Crippen LogP contribution in [0.4, 0.5) is 0 Å². The van der Waals surface area contributed by atoms with Gasteiger partial charge in [0.15, 0.2) is 0 Å². The molecular formula is C20H25NO6S. The molecule has 2 aliphatic rings. The van der Waals surface area contributed by atoms with Crippen LogP contribution in [0, 0.1) is 12.3 Å². The zero-order chi connectivity index (χ0) is 20.9. The van der Waals surface area contributed by atoms with E-state index < -0.39 is 27.4 Å². The summed E-state index contributed by atoms with van der Waals surface area (Å²) in [6.07, 6.45) is 6.39. The third-order valence-corrected chi connectivity index (χ3v) is 6.72. The van der Waals surface area contributed by atoms with Gasteiger partial charge in [-0.25, -0.2) is 13.2 Å². The van der Waals surface area contributed by atoms with Crippen molar-refractivity contribution in [3.63, 3.8) is 0 Å². The summed E-state index contributed by atoms with van der Waals surface area (Å²) in [6.45, 7) is 4.78. The summed E-state index contributed by atoms with van der Waals surface area (Å²) < 4.78 is 25.7. The first-order valence-electron chi connectivity index (χ1n) is 8.98. The Morgan fingerprint density at radius 2 is 1.64 bits per heavy atom. The zero-order valence-electron chi connectivity index (χ0n) is 16.0. The molecule has 2 N–H and O–H groups in total. The SMILES string of the molecule is CC1(C(=O)O)C=CC=C(C(=O)O)C1.Cc1ccc(S(=O)(=O)N2CCCC2)cc1. The van der Waals surface area contributed by atoms with Crippen LogP contribution in [0.1, 0.15) is 31.7 Å². The molecule has 0 amide bonds. The Kier molecular flexibility index (Phi) is 6.79. The molecular weight excluding hydrogens is 382 g/mol. The van der Waals surface area contributed by atoms with E-state index in [1.807, 2.05) is 19.1 Å². The van der Waals surface area contributed by atoms with Crippen LogP contribution in [0.5, 0.6) is 0 Å². The number of aryl methyl sites for hydroxylation is 1. The molecule has 1 heterocycles. The van der Waals surface area contributed by atoms with Crippen LogP contribution in [0.25, 0.3) is 0 Å². The predicted molar refractivity (Wildman–Crippen MR) is 104 cm³/mol. The first kappa shape index (κ1) is 21.8. The van der Waals surface area contributed by atoms with E-state index in [0.29, 0.717) is 18.0 Å². The first-order valence-corrected chi connectivity index (χ1v) is 10.4. The average molecular weight is 407 g/mol. The topological polar surface area (TPSA) is 112 Å². The number of hydrogen-bond acceptors (Lipinski definition) is 4. The van der Waals surface area contributed by atoms with Gasteiger partial charge >= 0.3 is 11.9 Å². The Balaban J connectivity index is 0.000000203. The number of allylic oxidation sites excluding steroid dienone is 2. The third kappa shape index (κ3) is 5.08. The van der Waals surface area contributed by atoms with E-state index in [1.165, 1.54) is 25.2 Å². The lowest BCUT2D eigenvalue weighted by Crippen LogP contribution is -2.28. The fourth-order valence-electron chi connectivity index (χ4n) is 2.97. The highest BCUT2D eigenvalue weighted by Crippen LogP contribution is 2.31. The molecule has 1 atom stereocenters. The van der Waals surface area contributed by atoms with E-state index in [-0.39, 0.29) is 12.0 Å². The largest absolute Gasteiger partial charge is 0.481 e. The summed E-state index contributed by atoms with van der Waals surface area (Å²) in [5.41, 5.74) is 0.130. The van der Waals surface area contributed by atoms with Gasteiger partial charge in [-0.1, -0.05) is 35.9 Å². The monoisotopic (exact) mass is 407 g/mol. The van der Waals surface area contributed by atoms with Crippen LogP contribution >= 0.6 is 0 Å². The van der Waals surface area contributed by atoms with Gasteiger partial charge in [0.05, 0.1) is 10.3 Å². The van der Waals surface area contributed by atoms with Gasteiger partial charge in [0.2, 0.25) is 10.0 Å². The Labute approximate surface area is 165 Å². The molecule has 7 nitrogen and oxygen atoms in total. The number of nitrogens with zero attached hydrogens (tertiary/aromatic N) is 1. The van der Waals surface area contributed by atoms with E-state index in [2.05, 4.69) is 0 Å². The maximum absolute atomic E-state index is 12.1. The predicted octanol–water partition coefficient (Wildman–Crippen LogP) is 2.83. The third-order valence-electron chi connectivity index (χ3n) is 4.81. The van der Waals surface area contributed by atoms with Crippen LogP contribution in [-0.4, -0.2) is 48.0 Å². The van der Waals surface area contributed by atoms with Gasteiger partial charge in [-0.2, -0.15) is 4.31 Å². The van der Waals surface area contributed by atoms with Crippen molar-refractivity contribution in [3.8, 4) is 0 Å². The lowest BCUT2D eigenvalue weighted by atomic mass is 9.80. The number of carboxylic acids is 2. The molecule has 0 saturated carbocycles. The van der Waals surface area contributed by atoms with Gasteiger partial charge in [0.25, 0.3) is 0 Å². The van der Waals surface area contributed by atoms with Crippen molar-refractivity contribution in [2.75, 3.05) is 13.1 Å². The Morgan fingerprint density at radius 1 is 1.07 bits per heavy atom. The maximum Gasteiger partial charge on any atom is 0.331 e. The molecule has 152 valence electrons. The highest BCUT2D eigenvalue weighted by atomic mass is 32.2. The van der Waals surface area contributed by atoms with E-state index >= 15 is 0 Å². The second-order valence-corrected chi connectivity index (χ2v) is 9.12. The second kappa shape index (κ2) is 8.70. The molecule has 0 aromatic heterocycles. The van der Waals surface area contributed by atoms with Gasteiger partial charge in [-0.15, -0.1) is 0 Å². The molecule has 1 aliphatic carbocycles. The molecule has 0 bridgehead atoms. The number of sulfonamides is 1. The van der Waals surface area contributed by atoms with Crippen molar-refractivity contribution in [1.29, 1.82) is 0 Å². The lowest BCUT2D eigenvalue weighted by molar-refractivity contribution is -0.145. The van der Waals surface area contributed by atoms with Crippen LogP contribution in [0.15, 0.2) is 53.0 Å². The van der Waals surface area contributed by atoms with E-state index in [0.717, 1.165) is 18.4 Å². The van der Waals surface area contributed by atoms with Crippen molar-refractivity contribution in [1.82, 2.24) is 4.31 Å². The van der Waals surface area contributed by atoms with Crippen molar-refractivity contribution in [3.05, 3.63) is 53.6 Å². The Bertz CT molecular complexity index is 895. The van der Waals surface area contributed by atoms with E-state index in [9.17, 15) is 18.0 Å². The molecule has 1 aromatic rings. The van der Waals surface area contributed by atoms with Crippen LogP contribution in [0.3, 0.4) is 0 Å². The fourth-order valence-corrected chi connectivity index (χ4v) is 4.49. The van der Waals surface area contributed by atoms with Gasteiger partial charge in [-0.3, -0.25) is 4.79 Å². The van der Waals surface area contributed by atoms with Crippen molar-refractivity contribution < 1.29 is 28.2 Å². The van der Waals surface area contributed by atoms with Crippen LogP contribution < -0.4 is 0 Å². The molecule has 1 unspecified atom stereocenters. The summed E-state index contributed by atoms with van der Waals surface area (Å²) in [5.74, 6) is -2.06. The molecule has 1 aliphatic heterocycles. The normalized spacial score (nSPS) is 22.1. The van der Waals surface area contributed by atoms with Crippen molar-refractivity contribution >= 4 is 22.0 Å². The number of aliphatic carboxylic acids is 2. The molecule has 1 saturated heterocycles. The minimum Gasteiger partial charge on any atom is -0.481 e. The second-order valence-electron chi connectivity index (χ2n) is 7.18. The summed E-state index contributed by atoms with van der Waals surface area (Å²) >= 11 is 0. The first-order chi connectivity index (χ1) is 13.1. The molecule has 3 rings (SSSR count). The van der Waals surface area contributed by atoms with Gasteiger partial charge < -0.3 is 10.2 Å². The maximum atomic E-state index is 12.1. The molecule has 0 spiro atoms. The molecule has 1 fully saturated rings. The molecule has 28 heavy (non-hydrogen) atoms. The standard InChI is InChI=1S/C11H15NO2S.C9H10O4/c1-10-4-6-11(7-5-10)15(13,14)12-8-2-3-9-12;1-9(8(12)13)4-2-3-6(5-9)7(10)11/h4-7H,2-3,8-9H2,1H3;2-4H,5H2,1H3,(H,10,11)(H,12,13). The van der Waals surface area contributed by atoms with Crippen LogP contribution in [0.2, 0.25) is 0 Å². The number of rotatable bonds is 4. The highest BCUT2D eigenvalue weighted by molar-refractivity contribution is 7.89. The van der Waals surface area contributed by atoms with E-state index in [4.69, 9.17) is 10.2 Å². The fraction of sp³-hybridized carbons (Fsp3) is 0.400. The average Bonchev–Trinajstić information content (AvgIpc) is 3.18. The van der Waals surface area contributed by atoms with Gasteiger partial charge in [0, 0.05) is 18.7 Å². The van der Waals surface area contributed by atoms with E-state index in [1.54, 1.807) is 16.4 Å². The molecule has 0 radical (unpaired) electrons. The molecule has 8 heteroatoms. The number of hydrogen-bond donors (Lipinski definition) is 2. The number of benzene rings is 1. The van der Waals surface area contributed by atoms with Crippen LogP contribution in [-0.2, 0) is 19.6 Å². The Morgan fingerprint density at radius 3 is 2.14 bits per heavy atom. The summed E-state index contributed by atoms with van der Waals surface area (Å²) in [7, 11) is -3.22. The summed E-state index contributed by atoms with van der Waals surface area (Å²) in [5, 5.41) is 17.5. The smallest absolute Gasteiger partial charge is 0.331 e. The van der Waals surface area contributed by atoms with Gasteiger partial charge in [0.1, 0.15) is 0 Å². The number of carboxylic acid groups (broad SMARTS) is 2. The molecule has 1 aromatic carbocycles. The van der Waals surface area contributed by atoms with Crippen molar-refractivity contribution in [2.45, 2.75) is 38.0 Å². The summed E-state index contributed by atoms with van der Waals surface area (Å²) in [6, 6.07) is 7.04. The quantitative estimate of drug-likeness (QED) is 0.794. The summed E-state index contributed by atoms with van der Waals surface area (Å²) in [4.78, 5) is 21.8. The van der Waals surface area contributed by atoms with Gasteiger partial charge in [-0.05, 0) is 45.2 Å². The Hall–Kier alpha value is -2.45.